The first-order valence-corrected chi connectivity index (χ1v) is 12.5. The number of benzene rings is 1. The number of unbranched alkanes of at least 4 members (excludes halogenated alkanes) is 14. The molecule has 0 saturated carbocycles. The molecule has 0 aliphatic carbocycles. The van der Waals surface area contributed by atoms with E-state index in [4.69, 9.17) is 0 Å². The summed E-state index contributed by atoms with van der Waals surface area (Å²) < 4.78 is 0. The Bertz CT molecular complexity index is 542. The fourth-order valence-electron chi connectivity index (χ4n) is 4.20. The van der Waals surface area contributed by atoms with Crippen molar-refractivity contribution in [3.8, 4) is 0 Å². The van der Waals surface area contributed by atoms with E-state index in [0.29, 0.717) is 5.69 Å². The number of nitro benzene ring substituents is 1. The van der Waals surface area contributed by atoms with Gasteiger partial charge in [-0.2, -0.15) is 0 Å². The summed E-state index contributed by atoms with van der Waals surface area (Å²) in [6.45, 7) is 4.49. The van der Waals surface area contributed by atoms with E-state index in [1.54, 1.807) is 6.07 Å². The molecule has 0 unspecified atom stereocenters. The van der Waals surface area contributed by atoms with Gasteiger partial charge in [-0.15, -0.1) is 0 Å². The second-order valence-electron chi connectivity index (χ2n) is 8.62. The third-order valence-corrected chi connectivity index (χ3v) is 6.03. The van der Waals surface area contributed by atoms with Crippen molar-refractivity contribution in [2.45, 2.75) is 129 Å². The van der Waals surface area contributed by atoms with Crippen LogP contribution in [0, 0.1) is 10.1 Å². The standard InChI is InChI=1S/C26H45NO2/c1-3-5-7-9-11-12-13-14-15-17-20-24-21-19-23-26(27(28)29)25(24)22-18-16-10-8-6-4-2/h19,21,23H,3-18,20,22H2,1-2H3. The lowest BCUT2D eigenvalue weighted by molar-refractivity contribution is -0.385. The van der Waals surface area contributed by atoms with Crippen LogP contribution < -0.4 is 0 Å². The molecule has 0 amide bonds. The minimum Gasteiger partial charge on any atom is -0.258 e. The van der Waals surface area contributed by atoms with Gasteiger partial charge in [0, 0.05) is 11.6 Å². The molecule has 0 aromatic heterocycles. The van der Waals surface area contributed by atoms with Gasteiger partial charge in [0.15, 0.2) is 0 Å². The molecule has 0 N–H and O–H groups in total. The van der Waals surface area contributed by atoms with Crippen LogP contribution in [-0.4, -0.2) is 4.92 Å². The highest BCUT2D eigenvalue weighted by Gasteiger charge is 2.16. The maximum absolute atomic E-state index is 11.5. The minimum absolute atomic E-state index is 0.186. The zero-order valence-corrected chi connectivity index (χ0v) is 19.2. The summed E-state index contributed by atoms with van der Waals surface area (Å²) in [5.74, 6) is 0. The highest BCUT2D eigenvalue weighted by molar-refractivity contribution is 5.45. The Balaban J connectivity index is 2.35. The highest BCUT2D eigenvalue weighted by Crippen LogP contribution is 2.26. The van der Waals surface area contributed by atoms with Gasteiger partial charge in [0.05, 0.1) is 4.92 Å². The number of aryl methyl sites for hydroxylation is 1. The molecular formula is C26H45NO2. The van der Waals surface area contributed by atoms with Gasteiger partial charge in [-0.1, -0.05) is 116 Å². The molecule has 0 saturated heterocycles. The first kappa shape index (κ1) is 25.7. The Kier molecular flexibility index (Phi) is 15.5. The summed E-state index contributed by atoms with van der Waals surface area (Å²) in [6, 6.07) is 5.68. The van der Waals surface area contributed by atoms with Crippen LogP contribution in [0.15, 0.2) is 18.2 Å². The number of nitro groups is 1. The summed E-state index contributed by atoms with van der Waals surface area (Å²) in [6.07, 6.45) is 22.5. The van der Waals surface area contributed by atoms with Gasteiger partial charge in [0.25, 0.3) is 5.69 Å². The van der Waals surface area contributed by atoms with E-state index in [9.17, 15) is 10.1 Å². The normalized spacial score (nSPS) is 11.1. The summed E-state index contributed by atoms with van der Waals surface area (Å²) in [5, 5.41) is 11.5. The molecule has 3 nitrogen and oxygen atoms in total. The maximum atomic E-state index is 11.5. The molecule has 1 aromatic rings. The van der Waals surface area contributed by atoms with Crippen LogP contribution in [0.5, 0.6) is 0 Å². The Morgan fingerprint density at radius 1 is 0.655 bits per heavy atom. The largest absolute Gasteiger partial charge is 0.272 e. The molecule has 0 heterocycles. The molecule has 29 heavy (non-hydrogen) atoms. The molecule has 0 radical (unpaired) electrons. The summed E-state index contributed by atoms with van der Waals surface area (Å²) in [7, 11) is 0. The number of hydrogen-bond donors (Lipinski definition) is 0. The molecule has 0 atom stereocenters. The zero-order chi connectivity index (χ0) is 21.2. The maximum Gasteiger partial charge on any atom is 0.272 e. The zero-order valence-electron chi connectivity index (χ0n) is 19.2. The van der Waals surface area contributed by atoms with E-state index in [1.165, 1.54) is 95.5 Å². The first-order valence-electron chi connectivity index (χ1n) is 12.5. The predicted molar refractivity (Wildman–Crippen MR) is 126 cm³/mol. The van der Waals surface area contributed by atoms with E-state index in [2.05, 4.69) is 19.9 Å². The Morgan fingerprint density at radius 2 is 1.10 bits per heavy atom. The van der Waals surface area contributed by atoms with Gasteiger partial charge in [-0.3, -0.25) is 10.1 Å². The van der Waals surface area contributed by atoms with Crippen LogP contribution in [-0.2, 0) is 12.8 Å². The van der Waals surface area contributed by atoms with Crippen LogP contribution in [0.4, 0.5) is 5.69 Å². The molecule has 3 heteroatoms. The third-order valence-electron chi connectivity index (χ3n) is 6.03. The molecule has 0 spiro atoms. The van der Waals surface area contributed by atoms with Crippen molar-refractivity contribution < 1.29 is 4.92 Å². The van der Waals surface area contributed by atoms with Crippen LogP contribution in [0.25, 0.3) is 0 Å². The van der Waals surface area contributed by atoms with Gasteiger partial charge < -0.3 is 0 Å². The number of hydrogen-bond acceptors (Lipinski definition) is 2. The van der Waals surface area contributed by atoms with Crippen molar-refractivity contribution in [1.82, 2.24) is 0 Å². The van der Waals surface area contributed by atoms with Crippen molar-refractivity contribution >= 4 is 5.69 Å². The molecule has 0 fully saturated rings. The van der Waals surface area contributed by atoms with Crippen LogP contribution in [0.2, 0.25) is 0 Å². The van der Waals surface area contributed by atoms with Gasteiger partial charge in [-0.25, -0.2) is 0 Å². The van der Waals surface area contributed by atoms with Crippen LogP contribution in [0.3, 0.4) is 0 Å². The topological polar surface area (TPSA) is 43.1 Å². The average molecular weight is 404 g/mol. The molecule has 0 bridgehead atoms. The van der Waals surface area contributed by atoms with Crippen molar-refractivity contribution in [3.63, 3.8) is 0 Å². The smallest absolute Gasteiger partial charge is 0.258 e. The highest BCUT2D eigenvalue weighted by atomic mass is 16.6. The Labute approximate surface area is 179 Å². The number of rotatable bonds is 19. The summed E-state index contributed by atoms with van der Waals surface area (Å²) in [5.41, 5.74) is 2.55. The van der Waals surface area contributed by atoms with Crippen LogP contribution >= 0.6 is 0 Å². The fourth-order valence-corrected chi connectivity index (χ4v) is 4.20. The fraction of sp³-hybridized carbons (Fsp3) is 0.769. The lowest BCUT2D eigenvalue weighted by Crippen LogP contribution is -2.01. The van der Waals surface area contributed by atoms with Crippen molar-refractivity contribution in [1.29, 1.82) is 0 Å². The molecule has 1 aromatic carbocycles. The van der Waals surface area contributed by atoms with E-state index < -0.39 is 0 Å². The quantitative estimate of drug-likeness (QED) is 0.131. The second kappa shape index (κ2) is 17.5. The molecule has 166 valence electrons. The van der Waals surface area contributed by atoms with E-state index >= 15 is 0 Å². The third kappa shape index (κ3) is 12.0. The van der Waals surface area contributed by atoms with Crippen LogP contribution in [0.1, 0.15) is 128 Å². The summed E-state index contributed by atoms with van der Waals surface area (Å²) >= 11 is 0. The SMILES string of the molecule is CCCCCCCCCCCCc1cccc([N+](=O)[O-])c1CCCCCCCC. The van der Waals surface area contributed by atoms with Crippen molar-refractivity contribution in [2.24, 2.45) is 0 Å². The average Bonchev–Trinajstić information content (AvgIpc) is 2.72. The lowest BCUT2D eigenvalue weighted by atomic mass is 9.95. The van der Waals surface area contributed by atoms with Gasteiger partial charge in [-0.05, 0) is 31.2 Å². The van der Waals surface area contributed by atoms with Crippen molar-refractivity contribution in [3.05, 3.63) is 39.4 Å². The number of nitrogens with zero attached hydrogens (tertiary/aromatic N) is 1. The lowest BCUT2D eigenvalue weighted by Gasteiger charge is -2.10. The summed E-state index contributed by atoms with van der Waals surface area (Å²) in [4.78, 5) is 11.3. The van der Waals surface area contributed by atoms with Gasteiger partial charge >= 0.3 is 0 Å². The van der Waals surface area contributed by atoms with Gasteiger partial charge in [0.1, 0.15) is 0 Å². The molecule has 0 aliphatic rings. The van der Waals surface area contributed by atoms with E-state index in [0.717, 1.165) is 31.2 Å². The Morgan fingerprint density at radius 3 is 1.59 bits per heavy atom. The van der Waals surface area contributed by atoms with E-state index in [1.807, 2.05) is 6.07 Å². The predicted octanol–water partition coefficient (Wildman–Crippen LogP) is 8.96. The molecule has 0 aliphatic heterocycles. The van der Waals surface area contributed by atoms with Crippen molar-refractivity contribution in [2.75, 3.05) is 0 Å². The van der Waals surface area contributed by atoms with Gasteiger partial charge in [0.2, 0.25) is 0 Å². The minimum atomic E-state index is -0.186. The second-order valence-corrected chi connectivity index (χ2v) is 8.62. The Hall–Kier alpha value is -1.38. The first-order chi connectivity index (χ1) is 14.2. The monoisotopic (exact) mass is 403 g/mol. The molecule has 1 rings (SSSR count). The molecular weight excluding hydrogens is 358 g/mol. The van der Waals surface area contributed by atoms with E-state index in [-0.39, 0.29) is 4.92 Å².